The zero-order chi connectivity index (χ0) is 19.5. The number of benzene rings is 2. The minimum absolute atomic E-state index is 0.203. The van der Waals surface area contributed by atoms with Crippen molar-refractivity contribution in [3.05, 3.63) is 70.5 Å². The largest absolute Gasteiger partial charge is 0.490 e. The second kappa shape index (κ2) is 7.77. The Kier molecular flexibility index (Phi) is 5.03. The number of para-hydroxylation sites is 1. The van der Waals surface area contributed by atoms with Gasteiger partial charge >= 0.3 is 0 Å². The molecule has 2 amide bonds. The van der Waals surface area contributed by atoms with E-state index in [0.29, 0.717) is 47.3 Å². The second-order valence-electron chi connectivity index (χ2n) is 6.14. The van der Waals surface area contributed by atoms with Crippen LogP contribution in [0.1, 0.15) is 26.5 Å². The third-order valence-electron chi connectivity index (χ3n) is 4.32. The van der Waals surface area contributed by atoms with Crippen molar-refractivity contribution in [2.75, 3.05) is 13.2 Å². The van der Waals surface area contributed by atoms with E-state index in [1.54, 1.807) is 36.4 Å². The molecule has 1 aliphatic heterocycles. The Balaban J connectivity index is 1.30. The molecule has 1 aromatic heterocycles. The Bertz CT molecular complexity index is 1000. The summed E-state index contributed by atoms with van der Waals surface area (Å²) in [6, 6.07) is 14.0. The lowest BCUT2D eigenvalue weighted by Crippen LogP contribution is -2.32. The van der Waals surface area contributed by atoms with E-state index in [-0.39, 0.29) is 18.4 Å². The smallest absolute Gasteiger partial charge is 0.261 e. The number of tetrazole rings is 1. The van der Waals surface area contributed by atoms with E-state index in [2.05, 4.69) is 15.4 Å². The third-order valence-corrected chi connectivity index (χ3v) is 4.63. The van der Waals surface area contributed by atoms with Crippen LogP contribution in [-0.4, -0.2) is 50.1 Å². The monoisotopic (exact) mass is 397 g/mol. The summed E-state index contributed by atoms with van der Waals surface area (Å²) in [5.74, 6) is 0.465. The molecular formula is C19H16ClN5O3. The van der Waals surface area contributed by atoms with Gasteiger partial charge < -0.3 is 4.74 Å². The number of carbonyl (C=O) groups excluding carboxylic acids is 2. The molecule has 0 aliphatic carbocycles. The first-order chi connectivity index (χ1) is 13.6. The molecule has 0 saturated carbocycles. The van der Waals surface area contributed by atoms with Crippen LogP contribution in [0.2, 0.25) is 5.02 Å². The zero-order valence-corrected chi connectivity index (χ0v) is 15.5. The van der Waals surface area contributed by atoms with Crippen molar-refractivity contribution in [1.29, 1.82) is 0 Å². The van der Waals surface area contributed by atoms with Crippen LogP contribution in [0.25, 0.3) is 0 Å². The number of fused-ring (bicyclic) bond motifs is 1. The molecule has 3 aromatic rings. The quantitative estimate of drug-likeness (QED) is 0.568. The topological polar surface area (TPSA) is 90.2 Å². The van der Waals surface area contributed by atoms with E-state index in [1.165, 1.54) is 9.70 Å². The number of hydrogen-bond donors (Lipinski definition) is 0. The lowest BCUT2D eigenvalue weighted by Gasteiger charge is -2.11. The van der Waals surface area contributed by atoms with E-state index in [0.717, 1.165) is 0 Å². The molecule has 0 fully saturated rings. The molecule has 2 aromatic carbocycles. The fourth-order valence-electron chi connectivity index (χ4n) is 2.92. The predicted molar refractivity (Wildman–Crippen MR) is 100 cm³/mol. The van der Waals surface area contributed by atoms with Crippen LogP contribution in [0.3, 0.4) is 0 Å². The van der Waals surface area contributed by atoms with Gasteiger partial charge in [0.05, 0.1) is 22.7 Å². The molecule has 1 aliphatic rings. The summed E-state index contributed by atoms with van der Waals surface area (Å²) in [7, 11) is 0. The molecule has 0 N–H and O–H groups in total. The number of carbonyl (C=O) groups is 2. The van der Waals surface area contributed by atoms with Crippen LogP contribution < -0.4 is 4.74 Å². The predicted octanol–water partition coefficient (Wildman–Crippen LogP) is 2.24. The minimum atomic E-state index is -0.291. The SMILES string of the molecule is O=C1c2ccccc2C(=O)N1CCc1nnn(CCOc2ccccc2Cl)n1. The summed E-state index contributed by atoms with van der Waals surface area (Å²) in [5, 5.41) is 12.7. The van der Waals surface area contributed by atoms with Crippen LogP contribution in [0, 0.1) is 0 Å². The molecular weight excluding hydrogens is 382 g/mol. The summed E-state index contributed by atoms with van der Waals surface area (Å²) < 4.78 is 5.60. The molecule has 0 radical (unpaired) electrons. The number of nitrogens with zero attached hydrogens (tertiary/aromatic N) is 5. The summed E-state index contributed by atoms with van der Waals surface area (Å²) in [6.45, 7) is 0.928. The Labute approximate surface area is 165 Å². The van der Waals surface area contributed by atoms with E-state index in [1.807, 2.05) is 12.1 Å². The van der Waals surface area contributed by atoms with Crippen molar-refractivity contribution in [1.82, 2.24) is 25.1 Å². The first-order valence-corrected chi connectivity index (χ1v) is 9.10. The number of aromatic nitrogens is 4. The lowest BCUT2D eigenvalue weighted by atomic mass is 10.1. The van der Waals surface area contributed by atoms with Crippen molar-refractivity contribution >= 4 is 23.4 Å². The van der Waals surface area contributed by atoms with Crippen LogP contribution in [0.4, 0.5) is 0 Å². The van der Waals surface area contributed by atoms with Crippen molar-refractivity contribution in [3.63, 3.8) is 0 Å². The van der Waals surface area contributed by atoms with Crippen molar-refractivity contribution in [3.8, 4) is 5.75 Å². The average molecular weight is 398 g/mol. The minimum Gasteiger partial charge on any atom is -0.490 e. The highest BCUT2D eigenvalue weighted by Gasteiger charge is 2.34. The highest BCUT2D eigenvalue weighted by atomic mass is 35.5. The van der Waals surface area contributed by atoms with Gasteiger partial charge in [-0.2, -0.15) is 4.80 Å². The number of imide groups is 1. The molecule has 4 rings (SSSR count). The normalized spacial score (nSPS) is 13.1. The van der Waals surface area contributed by atoms with Gasteiger partial charge in [0.1, 0.15) is 12.4 Å². The Morgan fingerprint density at radius 1 is 0.929 bits per heavy atom. The van der Waals surface area contributed by atoms with Crippen LogP contribution in [0.15, 0.2) is 48.5 Å². The molecule has 0 saturated heterocycles. The third kappa shape index (κ3) is 3.59. The van der Waals surface area contributed by atoms with Gasteiger partial charge in [-0.05, 0) is 29.5 Å². The summed E-state index contributed by atoms with van der Waals surface area (Å²) in [6.07, 6.45) is 0.330. The van der Waals surface area contributed by atoms with Crippen LogP contribution in [-0.2, 0) is 13.0 Å². The molecule has 142 valence electrons. The van der Waals surface area contributed by atoms with Crippen LogP contribution >= 0.6 is 11.6 Å². The Hall–Kier alpha value is -3.26. The molecule has 0 unspecified atom stereocenters. The maximum Gasteiger partial charge on any atom is 0.261 e. The molecule has 0 spiro atoms. The van der Waals surface area contributed by atoms with Crippen LogP contribution in [0.5, 0.6) is 5.75 Å². The zero-order valence-electron chi connectivity index (χ0n) is 14.8. The van der Waals surface area contributed by atoms with E-state index >= 15 is 0 Å². The van der Waals surface area contributed by atoms with Gasteiger partial charge in [-0.15, -0.1) is 10.2 Å². The van der Waals surface area contributed by atoms with Gasteiger partial charge in [0.15, 0.2) is 5.82 Å². The van der Waals surface area contributed by atoms with Gasteiger partial charge in [0.25, 0.3) is 11.8 Å². The van der Waals surface area contributed by atoms with E-state index in [9.17, 15) is 9.59 Å². The lowest BCUT2D eigenvalue weighted by molar-refractivity contribution is 0.0655. The summed E-state index contributed by atoms with van der Waals surface area (Å²) in [4.78, 5) is 27.3. The maximum atomic E-state index is 12.4. The maximum absolute atomic E-state index is 12.4. The number of ether oxygens (including phenoxy) is 1. The fourth-order valence-corrected chi connectivity index (χ4v) is 3.11. The van der Waals surface area contributed by atoms with Crippen molar-refractivity contribution in [2.45, 2.75) is 13.0 Å². The molecule has 0 bridgehead atoms. The van der Waals surface area contributed by atoms with Gasteiger partial charge in [0.2, 0.25) is 0 Å². The summed E-state index contributed by atoms with van der Waals surface area (Å²) >= 11 is 6.04. The molecule has 9 heteroatoms. The van der Waals surface area contributed by atoms with Gasteiger partial charge in [-0.3, -0.25) is 14.5 Å². The molecule has 0 atom stereocenters. The van der Waals surface area contributed by atoms with Crippen molar-refractivity contribution in [2.24, 2.45) is 0 Å². The number of rotatable bonds is 7. The highest BCUT2D eigenvalue weighted by Crippen LogP contribution is 2.23. The average Bonchev–Trinajstić information content (AvgIpc) is 3.25. The number of halogens is 1. The first kappa shape index (κ1) is 18.1. The summed E-state index contributed by atoms with van der Waals surface area (Å²) in [5.41, 5.74) is 0.863. The van der Waals surface area contributed by atoms with Gasteiger partial charge in [0, 0.05) is 13.0 Å². The number of amides is 2. The molecule has 2 heterocycles. The Morgan fingerprint density at radius 3 is 2.32 bits per heavy atom. The first-order valence-electron chi connectivity index (χ1n) is 8.73. The van der Waals surface area contributed by atoms with E-state index < -0.39 is 0 Å². The molecule has 8 nitrogen and oxygen atoms in total. The van der Waals surface area contributed by atoms with Gasteiger partial charge in [-0.25, -0.2) is 0 Å². The highest BCUT2D eigenvalue weighted by molar-refractivity contribution is 6.32. The standard InChI is InChI=1S/C19H16ClN5O3/c20-15-7-3-4-8-16(15)28-12-11-25-22-17(21-23-25)9-10-24-18(26)13-5-1-2-6-14(13)19(24)27/h1-8H,9-12H2. The van der Waals surface area contributed by atoms with E-state index in [4.69, 9.17) is 16.3 Å². The number of hydrogen-bond acceptors (Lipinski definition) is 6. The second-order valence-corrected chi connectivity index (χ2v) is 6.55. The van der Waals surface area contributed by atoms with Gasteiger partial charge in [-0.1, -0.05) is 35.9 Å². The fraction of sp³-hybridized carbons (Fsp3) is 0.211. The molecule has 28 heavy (non-hydrogen) atoms. The Morgan fingerprint density at radius 2 is 1.61 bits per heavy atom. The van der Waals surface area contributed by atoms with Crippen molar-refractivity contribution < 1.29 is 14.3 Å².